The van der Waals surface area contributed by atoms with Gasteiger partial charge in [0.05, 0.1) is 0 Å². The van der Waals surface area contributed by atoms with Gasteiger partial charge in [0, 0.05) is 5.25 Å². The van der Waals surface area contributed by atoms with Crippen molar-refractivity contribution in [2.75, 3.05) is 0 Å². The summed E-state index contributed by atoms with van der Waals surface area (Å²) in [7, 11) is 0. The second kappa shape index (κ2) is 8.16. The summed E-state index contributed by atoms with van der Waals surface area (Å²) in [6.07, 6.45) is 16.5. The molecule has 0 nitrogen and oxygen atoms in total. The Morgan fingerprint density at radius 3 is 2.50 bits per heavy atom. The molecule has 1 heterocycles. The molecule has 0 aliphatic carbocycles. The van der Waals surface area contributed by atoms with E-state index in [1.165, 1.54) is 44.9 Å². The number of hydrogen-bond acceptors (Lipinski definition) is 1. The molecule has 0 amide bonds. The zero-order chi connectivity index (χ0) is 10.1. The number of thioether (sulfide) groups is 1. The zero-order valence-electron chi connectivity index (χ0n) is 9.24. The van der Waals surface area contributed by atoms with Crippen molar-refractivity contribution in [1.82, 2.24) is 0 Å². The Labute approximate surface area is 92.9 Å². The lowest BCUT2D eigenvalue weighted by atomic mass is 10.1. The molecule has 0 bridgehead atoms. The van der Waals surface area contributed by atoms with E-state index in [0.717, 1.165) is 5.25 Å². The topological polar surface area (TPSA) is 0 Å². The molecule has 0 saturated carbocycles. The molecule has 1 heteroatoms. The van der Waals surface area contributed by atoms with Gasteiger partial charge in [-0.3, -0.25) is 0 Å². The number of allylic oxidation sites excluding steroid dienone is 2. The first-order valence-electron chi connectivity index (χ1n) is 5.92. The molecular formula is C13H22S. The van der Waals surface area contributed by atoms with E-state index in [4.69, 9.17) is 0 Å². The van der Waals surface area contributed by atoms with Gasteiger partial charge in [0.1, 0.15) is 0 Å². The van der Waals surface area contributed by atoms with E-state index in [-0.39, 0.29) is 0 Å². The monoisotopic (exact) mass is 210 g/mol. The van der Waals surface area contributed by atoms with Gasteiger partial charge in [0.25, 0.3) is 0 Å². The fraction of sp³-hybridized carbons (Fsp3) is 0.692. The van der Waals surface area contributed by atoms with Crippen molar-refractivity contribution in [3.63, 3.8) is 0 Å². The van der Waals surface area contributed by atoms with Gasteiger partial charge in [-0.1, -0.05) is 63.7 Å². The third-order valence-corrected chi connectivity index (χ3v) is 3.67. The molecule has 1 aliphatic rings. The Morgan fingerprint density at radius 2 is 1.79 bits per heavy atom. The predicted molar refractivity (Wildman–Crippen MR) is 67.7 cm³/mol. The second-order valence-corrected chi connectivity index (χ2v) is 5.09. The molecule has 0 aromatic rings. The van der Waals surface area contributed by atoms with Gasteiger partial charge in [-0.05, 0) is 11.8 Å². The lowest BCUT2D eigenvalue weighted by Gasteiger charge is -2.11. The summed E-state index contributed by atoms with van der Waals surface area (Å²) >= 11 is 1.96. The molecule has 1 aliphatic heterocycles. The van der Waals surface area contributed by atoms with Crippen LogP contribution in [0.15, 0.2) is 23.6 Å². The van der Waals surface area contributed by atoms with Crippen LogP contribution in [0.3, 0.4) is 0 Å². The first-order chi connectivity index (χ1) is 6.93. The molecule has 1 atom stereocenters. The molecule has 0 aromatic heterocycles. The minimum absolute atomic E-state index is 0.756. The van der Waals surface area contributed by atoms with Gasteiger partial charge in [-0.25, -0.2) is 0 Å². The maximum Gasteiger partial charge on any atom is 0.0271 e. The summed E-state index contributed by atoms with van der Waals surface area (Å²) in [5.41, 5.74) is 0. The van der Waals surface area contributed by atoms with Gasteiger partial charge in [0.15, 0.2) is 0 Å². The van der Waals surface area contributed by atoms with Crippen LogP contribution in [0.5, 0.6) is 0 Å². The molecule has 0 N–H and O–H groups in total. The third-order valence-electron chi connectivity index (χ3n) is 2.61. The predicted octanol–water partition coefficient (Wildman–Crippen LogP) is 4.92. The Morgan fingerprint density at radius 1 is 1.00 bits per heavy atom. The van der Waals surface area contributed by atoms with Crippen LogP contribution in [0.1, 0.15) is 51.9 Å². The average molecular weight is 210 g/mol. The highest BCUT2D eigenvalue weighted by molar-refractivity contribution is 8.02. The van der Waals surface area contributed by atoms with Crippen molar-refractivity contribution in [2.24, 2.45) is 0 Å². The molecule has 0 radical (unpaired) electrons. The number of hydrogen-bond donors (Lipinski definition) is 0. The molecule has 14 heavy (non-hydrogen) atoms. The first kappa shape index (κ1) is 11.9. The molecular weight excluding hydrogens is 188 g/mol. The minimum atomic E-state index is 0.756. The smallest absolute Gasteiger partial charge is 0.0271 e. The van der Waals surface area contributed by atoms with Crippen LogP contribution in [0, 0.1) is 0 Å². The Kier molecular flexibility index (Phi) is 6.94. The van der Waals surface area contributed by atoms with Crippen LogP contribution in [0.4, 0.5) is 0 Å². The van der Waals surface area contributed by atoms with Crippen molar-refractivity contribution in [3.8, 4) is 0 Å². The third kappa shape index (κ3) is 5.54. The van der Waals surface area contributed by atoms with Gasteiger partial charge in [0.2, 0.25) is 0 Å². The summed E-state index contributed by atoms with van der Waals surface area (Å²) in [5.74, 6) is 0. The van der Waals surface area contributed by atoms with E-state index >= 15 is 0 Å². The second-order valence-electron chi connectivity index (χ2n) is 3.94. The van der Waals surface area contributed by atoms with E-state index in [2.05, 4.69) is 30.6 Å². The molecule has 0 fully saturated rings. The lowest BCUT2D eigenvalue weighted by molar-refractivity contribution is 0.595. The van der Waals surface area contributed by atoms with E-state index in [0.29, 0.717) is 0 Å². The summed E-state index contributed by atoms with van der Waals surface area (Å²) in [6.45, 7) is 2.27. The van der Waals surface area contributed by atoms with Crippen LogP contribution in [-0.2, 0) is 0 Å². The van der Waals surface area contributed by atoms with Crippen molar-refractivity contribution in [1.29, 1.82) is 0 Å². The highest BCUT2D eigenvalue weighted by atomic mass is 32.2. The molecule has 80 valence electrons. The van der Waals surface area contributed by atoms with Crippen molar-refractivity contribution in [2.45, 2.75) is 57.1 Å². The van der Waals surface area contributed by atoms with E-state index in [1.54, 1.807) is 0 Å². The highest BCUT2D eigenvalue weighted by Crippen LogP contribution is 2.23. The number of unbranched alkanes of at least 4 members (excludes halogenated alkanes) is 5. The first-order valence-corrected chi connectivity index (χ1v) is 6.86. The zero-order valence-corrected chi connectivity index (χ0v) is 10.1. The normalized spacial score (nSPS) is 20.2. The molecule has 0 saturated heterocycles. The van der Waals surface area contributed by atoms with Crippen molar-refractivity contribution >= 4 is 11.8 Å². The Balaban J connectivity index is 1.88. The average Bonchev–Trinajstić information content (AvgIpc) is 2.25. The van der Waals surface area contributed by atoms with E-state index in [9.17, 15) is 0 Å². The van der Waals surface area contributed by atoms with Crippen LogP contribution in [0.2, 0.25) is 0 Å². The van der Waals surface area contributed by atoms with E-state index in [1.807, 2.05) is 11.8 Å². The maximum absolute atomic E-state index is 2.33. The van der Waals surface area contributed by atoms with Gasteiger partial charge in [-0.15, -0.1) is 11.8 Å². The van der Waals surface area contributed by atoms with Gasteiger partial charge < -0.3 is 0 Å². The van der Waals surface area contributed by atoms with Crippen LogP contribution in [0.25, 0.3) is 0 Å². The minimum Gasteiger partial charge on any atom is -0.127 e. The van der Waals surface area contributed by atoms with E-state index < -0.39 is 0 Å². The summed E-state index contributed by atoms with van der Waals surface area (Å²) in [5, 5.41) is 2.97. The SMILES string of the molecule is CCCCCCCCC1C=CC=CS1. The van der Waals surface area contributed by atoms with Crippen molar-refractivity contribution in [3.05, 3.63) is 23.6 Å². The Bertz CT molecular complexity index is 182. The van der Waals surface area contributed by atoms with Crippen LogP contribution in [-0.4, -0.2) is 5.25 Å². The molecule has 1 rings (SSSR count). The van der Waals surface area contributed by atoms with Crippen LogP contribution < -0.4 is 0 Å². The van der Waals surface area contributed by atoms with Gasteiger partial charge in [-0.2, -0.15) is 0 Å². The quantitative estimate of drug-likeness (QED) is 0.537. The molecule has 0 spiro atoms. The summed E-state index contributed by atoms with van der Waals surface area (Å²) < 4.78 is 0. The summed E-state index contributed by atoms with van der Waals surface area (Å²) in [6, 6.07) is 0. The van der Waals surface area contributed by atoms with Crippen LogP contribution >= 0.6 is 11.8 Å². The standard InChI is InChI=1S/C13H22S/c1-2-3-4-5-6-7-10-13-11-8-9-12-14-13/h8-9,11-13H,2-7,10H2,1H3. The van der Waals surface area contributed by atoms with Gasteiger partial charge >= 0.3 is 0 Å². The number of rotatable bonds is 7. The highest BCUT2D eigenvalue weighted by Gasteiger charge is 2.04. The fourth-order valence-electron chi connectivity index (χ4n) is 1.72. The molecule has 1 unspecified atom stereocenters. The lowest BCUT2D eigenvalue weighted by Crippen LogP contribution is -1.98. The molecule has 0 aromatic carbocycles. The summed E-state index contributed by atoms with van der Waals surface area (Å²) in [4.78, 5) is 0. The Hall–Kier alpha value is -0.170. The largest absolute Gasteiger partial charge is 0.127 e. The maximum atomic E-state index is 2.33. The fourth-order valence-corrected chi connectivity index (χ4v) is 2.58. The van der Waals surface area contributed by atoms with Crippen molar-refractivity contribution < 1.29 is 0 Å².